The van der Waals surface area contributed by atoms with Crippen molar-refractivity contribution in [1.82, 2.24) is 14.2 Å². The molecule has 0 aromatic carbocycles. The molecule has 0 aromatic heterocycles. The Morgan fingerprint density at radius 1 is 0.739 bits per heavy atom. The molecule has 3 nitrogen and oxygen atoms in total. The molecule has 1 aliphatic rings. The first-order chi connectivity index (χ1) is 10.9. The Labute approximate surface area is 148 Å². The second-order valence-corrected chi connectivity index (χ2v) is 7.96. The Bertz CT molecular complexity index is 306. The monoisotopic (exact) mass is 316 g/mol. The van der Waals surface area contributed by atoms with E-state index in [-0.39, 0.29) is 0 Å². The summed E-state index contributed by atoms with van der Waals surface area (Å²) in [5.41, 5.74) is 0.383. The van der Waals surface area contributed by atoms with Crippen molar-refractivity contribution < 1.29 is 0 Å². The largest absolute Gasteiger partial charge is 0.365 e. The second-order valence-electron chi connectivity index (χ2n) is 7.96. The highest BCUT2D eigenvalue weighted by Crippen LogP contribution is 2.27. The maximum atomic E-state index is 2.41. The summed E-state index contributed by atoms with van der Waals surface area (Å²) in [7, 11) is 6.91. The Morgan fingerprint density at radius 2 is 1.13 bits per heavy atom. The molecular weight excluding hydrogens is 279 g/mol. The fourth-order valence-electron chi connectivity index (χ4n) is 2.82. The first-order valence-electron chi connectivity index (χ1n) is 9.67. The fraction of sp³-hybridized carbons (Fsp3) is 1.00. The van der Waals surface area contributed by atoms with Crippen LogP contribution in [-0.4, -0.2) is 56.4 Å². The topological polar surface area (TPSA) is 9.72 Å². The van der Waals surface area contributed by atoms with Crippen molar-refractivity contribution in [3.63, 3.8) is 0 Å². The third-order valence-corrected chi connectivity index (χ3v) is 5.60. The van der Waals surface area contributed by atoms with Gasteiger partial charge in [0.05, 0.1) is 0 Å². The van der Waals surface area contributed by atoms with Crippen molar-refractivity contribution in [2.45, 2.75) is 74.1 Å². The number of hydrogen-bond acceptors (Lipinski definition) is 3. The molecule has 2 unspecified atom stereocenters. The van der Waals surface area contributed by atoms with Crippen LogP contribution < -0.4 is 0 Å². The van der Waals surface area contributed by atoms with Gasteiger partial charge in [-0.1, -0.05) is 61.3 Å². The molecule has 6 heteroatoms. The molecule has 0 amide bonds. The molecule has 0 aliphatic carbocycles. The molecule has 3 radical (unpaired) electrons. The van der Waals surface area contributed by atoms with Gasteiger partial charge in [-0.05, 0) is 49.7 Å². The van der Waals surface area contributed by atoms with Crippen LogP contribution in [0.25, 0.3) is 0 Å². The molecule has 1 aliphatic heterocycles. The van der Waals surface area contributed by atoms with Crippen molar-refractivity contribution in [2.24, 2.45) is 17.3 Å². The third kappa shape index (κ3) is 7.23. The van der Waals surface area contributed by atoms with Crippen molar-refractivity contribution in [1.29, 1.82) is 0 Å². The van der Waals surface area contributed by atoms with Crippen LogP contribution in [-0.2, 0) is 0 Å². The van der Waals surface area contributed by atoms with E-state index in [2.05, 4.69) is 85.3 Å². The van der Waals surface area contributed by atoms with E-state index in [1.807, 2.05) is 0 Å². The maximum Gasteiger partial charge on any atom is 0.290 e. The Hall–Kier alpha value is 0.0748. The van der Waals surface area contributed by atoms with Gasteiger partial charge in [-0.15, -0.1) is 0 Å². The van der Waals surface area contributed by atoms with E-state index < -0.39 is 0 Å². The molecule has 1 saturated heterocycles. The minimum atomic E-state index is 0.383. The van der Waals surface area contributed by atoms with Gasteiger partial charge in [0.15, 0.2) is 0 Å². The number of nitrogens with zero attached hydrogens (tertiary/aromatic N) is 3. The quantitative estimate of drug-likeness (QED) is 0.572. The highest BCUT2D eigenvalue weighted by atomic mass is 15.3. The van der Waals surface area contributed by atoms with Gasteiger partial charge >= 0.3 is 0 Å². The van der Waals surface area contributed by atoms with E-state index in [1.165, 1.54) is 25.7 Å². The summed E-state index contributed by atoms with van der Waals surface area (Å²) in [6.07, 6.45) is 4.91. The summed E-state index contributed by atoms with van der Waals surface area (Å²) < 4.78 is 7.20. The fourth-order valence-corrected chi connectivity index (χ4v) is 2.82. The highest BCUT2D eigenvalue weighted by molar-refractivity contribution is 6.64. The molecule has 0 aromatic rings. The van der Waals surface area contributed by atoms with Crippen LogP contribution in [0.4, 0.5) is 0 Å². The summed E-state index contributed by atoms with van der Waals surface area (Å²) in [4.78, 5) is 0. The summed E-state index contributed by atoms with van der Waals surface area (Å²) in [6, 6.07) is 0. The molecule has 23 heavy (non-hydrogen) atoms. The van der Waals surface area contributed by atoms with Crippen LogP contribution in [0, 0.1) is 17.3 Å². The standard InChI is InChI=1S/C17H37B3N3/c1-8-15(5)12-21-18-22(13-16(6)9-2)20-23(19-21)14-17(7,10-3)11-4/h15-16H,8-14H2,1-7H3. The van der Waals surface area contributed by atoms with Crippen LogP contribution in [0.5, 0.6) is 0 Å². The van der Waals surface area contributed by atoms with Gasteiger partial charge in [-0.3, -0.25) is 0 Å². The van der Waals surface area contributed by atoms with E-state index in [0.29, 0.717) is 5.41 Å². The first kappa shape index (κ1) is 21.1. The van der Waals surface area contributed by atoms with Gasteiger partial charge in [-0.25, -0.2) is 0 Å². The predicted molar refractivity (Wildman–Crippen MR) is 105 cm³/mol. The van der Waals surface area contributed by atoms with Gasteiger partial charge in [0.25, 0.3) is 22.6 Å². The number of rotatable bonds is 10. The zero-order valence-electron chi connectivity index (χ0n) is 16.7. The molecular formula is C17H37B3N3. The predicted octanol–water partition coefficient (Wildman–Crippen LogP) is 3.43. The minimum absolute atomic E-state index is 0.383. The molecule has 1 heterocycles. The van der Waals surface area contributed by atoms with Gasteiger partial charge in [0.2, 0.25) is 0 Å². The van der Waals surface area contributed by atoms with E-state index in [0.717, 1.165) is 31.5 Å². The lowest BCUT2D eigenvalue weighted by atomic mass is 9.70. The summed E-state index contributed by atoms with van der Waals surface area (Å²) in [5.74, 6) is 1.44. The van der Waals surface area contributed by atoms with Crippen molar-refractivity contribution in [3.8, 4) is 0 Å². The average Bonchev–Trinajstić information content (AvgIpc) is 2.54. The summed E-state index contributed by atoms with van der Waals surface area (Å²) >= 11 is 0. The molecule has 0 spiro atoms. The zero-order chi connectivity index (χ0) is 17.5. The zero-order valence-corrected chi connectivity index (χ0v) is 16.7. The van der Waals surface area contributed by atoms with Crippen molar-refractivity contribution in [2.75, 3.05) is 19.6 Å². The van der Waals surface area contributed by atoms with E-state index in [9.17, 15) is 0 Å². The summed E-state index contributed by atoms with van der Waals surface area (Å²) in [5, 5.41) is 0. The van der Waals surface area contributed by atoms with Crippen LogP contribution in [0.3, 0.4) is 0 Å². The van der Waals surface area contributed by atoms with Gasteiger partial charge in [0.1, 0.15) is 0 Å². The van der Waals surface area contributed by atoms with Gasteiger partial charge in [0, 0.05) is 0 Å². The highest BCUT2D eigenvalue weighted by Gasteiger charge is 2.33. The Morgan fingerprint density at radius 3 is 1.48 bits per heavy atom. The molecule has 0 N–H and O–H groups in total. The SMILES string of the molecule is CCC(C)CN1[B]N(CC(C)CC)[B]N(CC(C)(CC)CC)[B]1. The molecule has 129 valence electrons. The normalized spacial score (nSPS) is 20.5. The molecule has 1 rings (SSSR count). The van der Waals surface area contributed by atoms with Crippen LogP contribution >= 0.6 is 0 Å². The smallest absolute Gasteiger partial charge is 0.290 e. The molecule has 1 fully saturated rings. The average molecular weight is 316 g/mol. The minimum Gasteiger partial charge on any atom is -0.365 e. The van der Waals surface area contributed by atoms with Crippen LogP contribution in [0.15, 0.2) is 0 Å². The lowest BCUT2D eigenvalue weighted by Gasteiger charge is -2.44. The van der Waals surface area contributed by atoms with E-state index >= 15 is 0 Å². The van der Waals surface area contributed by atoms with Gasteiger partial charge < -0.3 is 14.2 Å². The van der Waals surface area contributed by atoms with Crippen LogP contribution in [0.2, 0.25) is 0 Å². The van der Waals surface area contributed by atoms with Crippen molar-refractivity contribution in [3.05, 3.63) is 0 Å². The molecule has 0 saturated carbocycles. The number of hydrogen-bond donors (Lipinski definition) is 0. The lowest BCUT2D eigenvalue weighted by molar-refractivity contribution is 0.251. The Kier molecular flexibility index (Phi) is 9.32. The maximum absolute atomic E-state index is 2.41. The van der Waals surface area contributed by atoms with E-state index in [4.69, 9.17) is 0 Å². The molecule has 0 bridgehead atoms. The summed E-state index contributed by atoms with van der Waals surface area (Å²) in [6.45, 7) is 19.6. The lowest BCUT2D eigenvalue weighted by Crippen LogP contribution is -2.63. The Balaban J connectivity index is 2.71. The first-order valence-corrected chi connectivity index (χ1v) is 9.67. The van der Waals surface area contributed by atoms with Gasteiger partial charge in [-0.2, -0.15) is 0 Å². The van der Waals surface area contributed by atoms with Crippen LogP contribution in [0.1, 0.15) is 74.1 Å². The second kappa shape index (κ2) is 10.2. The van der Waals surface area contributed by atoms with Crippen molar-refractivity contribution >= 4 is 22.6 Å². The molecule has 2 atom stereocenters. The third-order valence-electron chi connectivity index (χ3n) is 5.60. The van der Waals surface area contributed by atoms with E-state index in [1.54, 1.807) is 0 Å².